The number of amides is 1. The first-order valence-corrected chi connectivity index (χ1v) is 11.1. The van der Waals surface area contributed by atoms with Crippen molar-refractivity contribution in [2.45, 2.75) is 11.8 Å². The van der Waals surface area contributed by atoms with E-state index in [4.69, 9.17) is 13.9 Å². The van der Waals surface area contributed by atoms with Crippen LogP contribution >= 0.6 is 23.1 Å². The second-order valence-electron chi connectivity index (χ2n) is 5.88. The Hall–Kier alpha value is -3.04. The number of ether oxygens (including phenoxy) is 2. The topological polar surface area (TPSA) is 94.8 Å². The molecule has 3 rings (SSSR count). The fourth-order valence-corrected chi connectivity index (χ4v) is 4.19. The average Bonchev–Trinajstić information content (AvgIpc) is 3.42. The molecule has 2 aromatic heterocycles. The van der Waals surface area contributed by atoms with Crippen LogP contribution in [0.1, 0.15) is 27.6 Å². The molecule has 1 amide bonds. The number of esters is 2. The third-order valence-electron chi connectivity index (χ3n) is 3.97. The first-order valence-electron chi connectivity index (χ1n) is 8.97. The molecule has 0 bridgehead atoms. The molecule has 9 heteroatoms. The minimum Gasteiger partial charge on any atom is -0.464 e. The number of carbonyl (C=O) groups excluding carboxylic acids is 3. The van der Waals surface area contributed by atoms with Gasteiger partial charge in [-0.05, 0) is 37.4 Å². The van der Waals surface area contributed by atoms with Gasteiger partial charge in [0.15, 0.2) is 6.61 Å². The van der Waals surface area contributed by atoms with E-state index in [1.54, 1.807) is 42.6 Å². The van der Waals surface area contributed by atoms with Gasteiger partial charge in [0, 0.05) is 15.8 Å². The zero-order valence-electron chi connectivity index (χ0n) is 16.3. The van der Waals surface area contributed by atoms with Crippen molar-refractivity contribution in [1.82, 2.24) is 0 Å². The number of furan rings is 1. The maximum Gasteiger partial charge on any atom is 0.341 e. The highest BCUT2D eigenvalue weighted by atomic mass is 32.2. The fraction of sp³-hybridized carbons (Fsp3) is 0.190. The summed E-state index contributed by atoms with van der Waals surface area (Å²) >= 11 is 2.57. The average molecular weight is 446 g/mol. The summed E-state index contributed by atoms with van der Waals surface area (Å²) < 4.78 is 15.6. The van der Waals surface area contributed by atoms with Crippen LogP contribution in [0.3, 0.4) is 0 Å². The Balaban J connectivity index is 1.72. The Labute approximate surface area is 181 Å². The van der Waals surface area contributed by atoms with E-state index in [9.17, 15) is 14.4 Å². The molecule has 2 heterocycles. The third kappa shape index (κ3) is 4.92. The molecule has 1 aromatic carbocycles. The van der Waals surface area contributed by atoms with Gasteiger partial charge in [-0.25, -0.2) is 9.59 Å². The molecular formula is C21H19NO6S2. The van der Waals surface area contributed by atoms with Crippen molar-refractivity contribution in [3.05, 3.63) is 59.2 Å². The van der Waals surface area contributed by atoms with E-state index in [-0.39, 0.29) is 12.2 Å². The zero-order valence-corrected chi connectivity index (χ0v) is 17.9. The first kappa shape index (κ1) is 21.7. The molecule has 1 N–H and O–H groups in total. The Morgan fingerprint density at radius 3 is 2.60 bits per heavy atom. The van der Waals surface area contributed by atoms with Crippen molar-refractivity contribution < 1.29 is 28.3 Å². The largest absolute Gasteiger partial charge is 0.464 e. The van der Waals surface area contributed by atoms with Gasteiger partial charge in [-0.2, -0.15) is 0 Å². The van der Waals surface area contributed by atoms with E-state index >= 15 is 0 Å². The summed E-state index contributed by atoms with van der Waals surface area (Å²) in [6.45, 7) is 1.39. The fourth-order valence-electron chi connectivity index (χ4n) is 2.65. The highest BCUT2D eigenvalue weighted by Gasteiger charge is 2.24. The standard InChI is InChI=1S/C21H19NO6S2/c1-3-26-21(25)18-14(15-8-6-10-27-15)12-30-19(18)22-17(23)11-28-20(24)13-7-4-5-9-16(13)29-2/h4-10,12H,3,11H2,1-2H3,(H,22,23). The van der Waals surface area contributed by atoms with Crippen molar-refractivity contribution in [3.63, 3.8) is 0 Å². The summed E-state index contributed by atoms with van der Waals surface area (Å²) in [4.78, 5) is 37.9. The molecule has 0 aliphatic rings. The Morgan fingerprint density at radius 2 is 1.90 bits per heavy atom. The molecule has 0 saturated heterocycles. The van der Waals surface area contributed by atoms with Gasteiger partial charge in [-0.1, -0.05) is 12.1 Å². The lowest BCUT2D eigenvalue weighted by Gasteiger charge is -2.09. The highest BCUT2D eigenvalue weighted by Crippen LogP contribution is 2.36. The molecule has 0 atom stereocenters. The number of carbonyl (C=O) groups is 3. The Bertz CT molecular complexity index is 1040. The molecule has 7 nitrogen and oxygen atoms in total. The lowest BCUT2D eigenvalue weighted by molar-refractivity contribution is -0.119. The van der Waals surface area contributed by atoms with Crippen molar-refractivity contribution in [2.75, 3.05) is 24.8 Å². The van der Waals surface area contributed by atoms with Crippen molar-refractivity contribution >= 4 is 45.9 Å². The predicted octanol–water partition coefficient (Wildman–Crippen LogP) is 4.70. The number of rotatable bonds is 8. The molecule has 0 radical (unpaired) electrons. The molecule has 0 saturated carbocycles. The van der Waals surface area contributed by atoms with Gasteiger partial charge in [0.25, 0.3) is 5.91 Å². The van der Waals surface area contributed by atoms with E-state index in [0.717, 1.165) is 16.2 Å². The SMILES string of the molecule is CCOC(=O)c1c(-c2ccco2)csc1NC(=O)COC(=O)c1ccccc1SC. The number of thiophene rings is 1. The minimum absolute atomic E-state index is 0.187. The number of nitrogens with one attached hydrogen (secondary N) is 1. The number of anilines is 1. The minimum atomic E-state index is -0.594. The van der Waals surface area contributed by atoms with Crippen LogP contribution in [0.25, 0.3) is 11.3 Å². The first-order chi connectivity index (χ1) is 14.5. The number of hydrogen-bond acceptors (Lipinski definition) is 8. The zero-order chi connectivity index (χ0) is 21.5. The van der Waals surface area contributed by atoms with Crippen LogP contribution in [0.2, 0.25) is 0 Å². The molecule has 30 heavy (non-hydrogen) atoms. The van der Waals surface area contributed by atoms with Gasteiger partial charge in [-0.3, -0.25) is 4.79 Å². The number of thioether (sulfide) groups is 1. The van der Waals surface area contributed by atoms with Crippen LogP contribution in [-0.2, 0) is 14.3 Å². The molecule has 0 spiro atoms. The quantitative estimate of drug-likeness (QED) is 0.397. The molecule has 0 aliphatic heterocycles. The number of hydrogen-bond donors (Lipinski definition) is 1. The summed E-state index contributed by atoms with van der Waals surface area (Å²) in [5.74, 6) is -1.26. The maximum absolute atomic E-state index is 12.4. The summed E-state index contributed by atoms with van der Waals surface area (Å²) in [6, 6.07) is 10.4. The lowest BCUT2D eigenvalue weighted by Crippen LogP contribution is -2.22. The van der Waals surface area contributed by atoms with Gasteiger partial charge in [0.1, 0.15) is 16.3 Å². The molecule has 0 aliphatic carbocycles. The monoisotopic (exact) mass is 445 g/mol. The third-order valence-corrected chi connectivity index (χ3v) is 5.66. The normalized spacial score (nSPS) is 10.5. The Morgan fingerprint density at radius 1 is 1.10 bits per heavy atom. The van der Waals surface area contributed by atoms with Crippen LogP contribution < -0.4 is 5.32 Å². The van der Waals surface area contributed by atoms with Crippen molar-refractivity contribution in [1.29, 1.82) is 0 Å². The van der Waals surface area contributed by atoms with Crippen LogP contribution in [-0.4, -0.2) is 37.3 Å². The van der Waals surface area contributed by atoms with E-state index in [2.05, 4.69) is 5.32 Å². The molecule has 3 aromatic rings. The molecular weight excluding hydrogens is 426 g/mol. The molecule has 0 fully saturated rings. The lowest BCUT2D eigenvalue weighted by atomic mass is 10.1. The summed E-state index contributed by atoms with van der Waals surface area (Å²) in [6.07, 6.45) is 3.34. The van der Waals surface area contributed by atoms with Gasteiger partial charge < -0.3 is 19.2 Å². The number of benzene rings is 1. The van der Waals surface area contributed by atoms with Gasteiger partial charge >= 0.3 is 11.9 Å². The maximum atomic E-state index is 12.4. The molecule has 156 valence electrons. The van der Waals surface area contributed by atoms with Gasteiger partial charge in [-0.15, -0.1) is 23.1 Å². The van der Waals surface area contributed by atoms with E-state index in [1.165, 1.54) is 18.0 Å². The smallest absolute Gasteiger partial charge is 0.341 e. The predicted molar refractivity (Wildman–Crippen MR) is 115 cm³/mol. The summed E-state index contributed by atoms with van der Waals surface area (Å²) in [5.41, 5.74) is 1.11. The van der Waals surface area contributed by atoms with Crippen molar-refractivity contribution in [3.8, 4) is 11.3 Å². The van der Waals surface area contributed by atoms with Crippen molar-refractivity contribution in [2.24, 2.45) is 0 Å². The van der Waals surface area contributed by atoms with E-state index in [0.29, 0.717) is 21.9 Å². The van der Waals surface area contributed by atoms with Crippen LogP contribution in [0.4, 0.5) is 5.00 Å². The van der Waals surface area contributed by atoms with Crippen LogP contribution in [0.15, 0.2) is 57.4 Å². The second-order valence-corrected chi connectivity index (χ2v) is 7.60. The highest BCUT2D eigenvalue weighted by molar-refractivity contribution is 7.98. The summed E-state index contributed by atoms with van der Waals surface area (Å²) in [7, 11) is 0. The van der Waals surface area contributed by atoms with Gasteiger partial charge in [0.2, 0.25) is 0 Å². The Kier molecular flexibility index (Phi) is 7.31. The molecule has 0 unspecified atom stereocenters. The van der Waals surface area contributed by atoms with E-state index in [1.807, 2.05) is 12.3 Å². The van der Waals surface area contributed by atoms with E-state index < -0.39 is 24.5 Å². The van der Waals surface area contributed by atoms with Crippen LogP contribution in [0.5, 0.6) is 0 Å². The second kappa shape index (κ2) is 10.1. The van der Waals surface area contributed by atoms with Gasteiger partial charge in [0.05, 0.1) is 18.4 Å². The van der Waals surface area contributed by atoms with Crippen LogP contribution in [0, 0.1) is 0 Å². The summed E-state index contributed by atoms with van der Waals surface area (Å²) in [5, 5.41) is 4.61.